The molecule has 1 N–H and O–H groups in total. The molecule has 0 saturated heterocycles. The second-order valence-corrected chi connectivity index (χ2v) is 4.99. The van der Waals surface area contributed by atoms with Gasteiger partial charge < -0.3 is 10.2 Å². The largest absolute Gasteiger partial charge is 0.351 e. The Hall–Kier alpha value is -0.0100. The van der Waals surface area contributed by atoms with Gasteiger partial charge in [-0.1, -0.05) is 11.6 Å². The number of nitrogens with zero attached hydrogens (tertiary/aromatic N) is 2. The Morgan fingerprint density at radius 2 is 2.40 bits per heavy atom. The highest BCUT2D eigenvalue weighted by molar-refractivity contribution is 14.0. The fourth-order valence-corrected chi connectivity index (χ4v) is 2.36. The van der Waals surface area contributed by atoms with Crippen molar-refractivity contribution >= 4 is 52.9 Å². The van der Waals surface area contributed by atoms with Crippen LogP contribution in [0.3, 0.4) is 0 Å². The van der Waals surface area contributed by atoms with E-state index < -0.39 is 0 Å². The van der Waals surface area contributed by atoms with Crippen LogP contribution in [0.1, 0.15) is 4.88 Å². The van der Waals surface area contributed by atoms with Gasteiger partial charge in [0.2, 0.25) is 0 Å². The molecule has 2 rings (SSSR count). The van der Waals surface area contributed by atoms with Gasteiger partial charge in [0.15, 0.2) is 5.96 Å². The van der Waals surface area contributed by atoms with Crippen molar-refractivity contribution in [1.29, 1.82) is 0 Å². The van der Waals surface area contributed by atoms with Crippen LogP contribution in [0.5, 0.6) is 0 Å². The van der Waals surface area contributed by atoms with Gasteiger partial charge in [0, 0.05) is 18.5 Å². The SMILES string of the molecule is CN1CCN=C1NCc1ccc(Cl)s1.I. The molecule has 1 aliphatic heterocycles. The van der Waals surface area contributed by atoms with Gasteiger partial charge in [-0.25, -0.2) is 0 Å². The number of aliphatic imine (C=N–C) groups is 1. The Morgan fingerprint density at radius 1 is 1.60 bits per heavy atom. The molecule has 84 valence electrons. The van der Waals surface area contributed by atoms with Crippen LogP contribution in [0.15, 0.2) is 17.1 Å². The van der Waals surface area contributed by atoms with Crippen molar-refractivity contribution < 1.29 is 0 Å². The number of halogens is 2. The van der Waals surface area contributed by atoms with Gasteiger partial charge in [0.05, 0.1) is 17.4 Å². The van der Waals surface area contributed by atoms with Gasteiger partial charge in [-0.05, 0) is 12.1 Å². The maximum absolute atomic E-state index is 5.83. The molecule has 1 aromatic heterocycles. The summed E-state index contributed by atoms with van der Waals surface area (Å²) in [4.78, 5) is 7.70. The predicted molar refractivity (Wildman–Crippen MR) is 76.5 cm³/mol. The van der Waals surface area contributed by atoms with E-state index in [2.05, 4.69) is 15.2 Å². The summed E-state index contributed by atoms with van der Waals surface area (Å²) < 4.78 is 0.837. The third-order valence-electron chi connectivity index (χ3n) is 2.11. The monoisotopic (exact) mass is 357 g/mol. The van der Waals surface area contributed by atoms with Gasteiger partial charge >= 0.3 is 0 Å². The molecule has 6 heteroatoms. The van der Waals surface area contributed by atoms with Crippen LogP contribution in [-0.2, 0) is 6.54 Å². The fourth-order valence-electron chi connectivity index (χ4n) is 1.34. The van der Waals surface area contributed by atoms with E-state index in [-0.39, 0.29) is 24.0 Å². The van der Waals surface area contributed by atoms with Crippen LogP contribution >= 0.6 is 46.9 Å². The summed E-state index contributed by atoms with van der Waals surface area (Å²) in [6, 6.07) is 3.96. The highest BCUT2D eigenvalue weighted by Crippen LogP contribution is 2.21. The van der Waals surface area contributed by atoms with Crippen molar-refractivity contribution in [2.75, 3.05) is 20.1 Å². The van der Waals surface area contributed by atoms with Crippen LogP contribution < -0.4 is 5.32 Å². The molecule has 0 fully saturated rings. The normalized spacial score (nSPS) is 14.8. The Morgan fingerprint density at radius 3 is 2.93 bits per heavy atom. The van der Waals surface area contributed by atoms with Crippen LogP contribution in [0.25, 0.3) is 0 Å². The van der Waals surface area contributed by atoms with Crippen LogP contribution in [0.2, 0.25) is 4.34 Å². The van der Waals surface area contributed by atoms with Crippen molar-refractivity contribution in [3.8, 4) is 0 Å². The lowest BCUT2D eigenvalue weighted by Gasteiger charge is -2.14. The zero-order chi connectivity index (χ0) is 9.97. The standard InChI is InChI=1S/C9H12ClN3S.HI/c1-13-5-4-11-9(13)12-6-7-2-3-8(10)14-7;/h2-3H,4-6H2,1H3,(H,11,12);1H. The molecular formula is C9H13ClIN3S. The number of hydrogen-bond donors (Lipinski definition) is 1. The maximum Gasteiger partial charge on any atom is 0.194 e. The molecule has 15 heavy (non-hydrogen) atoms. The van der Waals surface area contributed by atoms with Crippen molar-refractivity contribution in [3.63, 3.8) is 0 Å². The van der Waals surface area contributed by atoms with Crippen molar-refractivity contribution in [2.24, 2.45) is 4.99 Å². The second-order valence-electron chi connectivity index (χ2n) is 3.19. The molecule has 0 amide bonds. The molecule has 0 spiro atoms. The van der Waals surface area contributed by atoms with E-state index in [0.29, 0.717) is 0 Å². The van der Waals surface area contributed by atoms with E-state index in [1.54, 1.807) is 11.3 Å². The molecule has 1 aliphatic rings. The lowest BCUT2D eigenvalue weighted by atomic mass is 10.5. The molecule has 0 atom stereocenters. The van der Waals surface area contributed by atoms with Crippen molar-refractivity contribution in [1.82, 2.24) is 10.2 Å². The predicted octanol–water partition coefficient (Wildman–Crippen LogP) is 2.41. The fraction of sp³-hybridized carbons (Fsp3) is 0.444. The molecule has 0 aliphatic carbocycles. The number of rotatable bonds is 2. The summed E-state index contributed by atoms with van der Waals surface area (Å²) in [6.07, 6.45) is 0. The minimum absolute atomic E-state index is 0. The molecule has 0 saturated carbocycles. The van der Waals surface area contributed by atoms with E-state index in [1.807, 2.05) is 19.2 Å². The quantitative estimate of drug-likeness (QED) is 0.823. The van der Waals surface area contributed by atoms with Crippen LogP contribution in [-0.4, -0.2) is 31.0 Å². The van der Waals surface area contributed by atoms with Gasteiger partial charge in [0.25, 0.3) is 0 Å². The van der Waals surface area contributed by atoms with Gasteiger partial charge in [-0.2, -0.15) is 0 Å². The Balaban J connectivity index is 0.00000112. The topological polar surface area (TPSA) is 27.6 Å². The zero-order valence-corrected chi connectivity index (χ0v) is 12.3. The number of likely N-dealkylation sites (N-methyl/N-ethyl adjacent to an activating group) is 1. The Kier molecular flexibility index (Phi) is 5.14. The zero-order valence-electron chi connectivity index (χ0n) is 8.36. The van der Waals surface area contributed by atoms with Crippen molar-refractivity contribution in [3.05, 3.63) is 21.3 Å². The third kappa shape index (κ3) is 3.49. The highest BCUT2D eigenvalue weighted by atomic mass is 127. The molecule has 3 nitrogen and oxygen atoms in total. The summed E-state index contributed by atoms with van der Waals surface area (Å²) in [5.74, 6) is 0.981. The van der Waals surface area contributed by atoms with Crippen molar-refractivity contribution in [2.45, 2.75) is 6.54 Å². The maximum atomic E-state index is 5.83. The lowest BCUT2D eigenvalue weighted by Crippen LogP contribution is -2.34. The number of guanidine groups is 1. The molecule has 2 heterocycles. The van der Waals surface area contributed by atoms with E-state index in [1.165, 1.54) is 4.88 Å². The van der Waals surface area contributed by atoms with Crippen LogP contribution in [0, 0.1) is 0 Å². The first-order valence-corrected chi connectivity index (χ1v) is 5.69. The summed E-state index contributed by atoms with van der Waals surface area (Å²) in [6.45, 7) is 2.71. The van der Waals surface area contributed by atoms with E-state index in [0.717, 1.165) is 29.9 Å². The van der Waals surface area contributed by atoms with Gasteiger partial charge in [-0.3, -0.25) is 4.99 Å². The molecule has 1 aromatic rings. The summed E-state index contributed by atoms with van der Waals surface area (Å²) in [7, 11) is 2.04. The first-order chi connectivity index (χ1) is 6.75. The van der Waals surface area contributed by atoms with Gasteiger partial charge in [0.1, 0.15) is 0 Å². The van der Waals surface area contributed by atoms with Crippen LogP contribution in [0.4, 0.5) is 0 Å². The highest BCUT2D eigenvalue weighted by Gasteiger charge is 2.11. The van der Waals surface area contributed by atoms with Gasteiger partial charge in [-0.15, -0.1) is 35.3 Å². The molecular weight excluding hydrogens is 345 g/mol. The first kappa shape index (κ1) is 13.1. The van der Waals surface area contributed by atoms with E-state index in [9.17, 15) is 0 Å². The summed E-state index contributed by atoms with van der Waals surface area (Å²) in [5.41, 5.74) is 0. The lowest BCUT2D eigenvalue weighted by molar-refractivity contribution is 0.534. The smallest absolute Gasteiger partial charge is 0.194 e. The van der Waals surface area contributed by atoms with E-state index >= 15 is 0 Å². The number of thiophene rings is 1. The molecule has 0 radical (unpaired) electrons. The van der Waals surface area contributed by atoms with E-state index in [4.69, 9.17) is 11.6 Å². The second kappa shape index (κ2) is 5.91. The summed E-state index contributed by atoms with van der Waals surface area (Å²) >= 11 is 7.44. The Labute approximate surface area is 116 Å². The number of hydrogen-bond acceptors (Lipinski definition) is 4. The minimum atomic E-state index is 0. The average Bonchev–Trinajstić information content (AvgIpc) is 2.72. The number of nitrogens with one attached hydrogen (secondary N) is 1. The first-order valence-electron chi connectivity index (χ1n) is 4.49. The summed E-state index contributed by atoms with van der Waals surface area (Å²) in [5, 5.41) is 3.29. The molecule has 0 aromatic carbocycles. The molecule has 0 bridgehead atoms. The Bertz CT molecular complexity index is 353. The molecule has 0 unspecified atom stereocenters. The average molecular weight is 358 g/mol. The minimum Gasteiger partial charge on any atom is -0.351 e. The third-order valence-corrected chi connectivity index (χ3v) is 3.34.